The van der Waals surface area contributed by atoms with Crippen LogP contribution in [-0.2, 0) is 6.54 Å². The van der Waals surface area contributed by atoms with Crippen LogP contribution in [0.2, 0.25) is 5.15 Å². The summed E-state index contributed by atoms with van der Waals surface area (Å²) >= 11 is 5.64. The molecule has 2 rings (SSSR count). The van der Waals surface area contributed by atoms with Gasteiger partial charge in [-0.3, -0.25) is 0 Å². The summed E-state index contributed by atoms with van der Waals surface area (Å²) in [6.07, 6.45) is 1.59. The van der Waals surface area contributed by atoms with Crippen LogP contribution in [0.5, 0.6) is 0 Å². The van der Waals surface area contributed by atoms with Crippen LogP contribution >= 0.6 is 11.6 Å². The Kier molecular flexibility index (Phi) is 3.54. The number of benzene rings is 1. The average molecular weight is 255 g/mol. The molecule has 0 fully saturated rings. The minimum Gasteiger partial charge on any atom is -0.379 e. The zero-order valence-corrected chi connectivity index (χ0v) is 9.51. The van der Waals surface area contributed by atoms with Gasteiger partial charge in [-0.1, -0.05) is 17.7 Å². The molecule has 0 bridgehead atoms. The fraction of sp³-hybridized carbons (Fsp3) is 0.0833. The van der Waals surface area contributed by atoms with Gasteiger partial charge in [-0.2, -0.15) is 0 Å². The standard InChI is InChI=1S/C12H9ClF2N2/c13-12-4-1-8(7-17-12)6-16-11-3-2-9(14)5-10(11)15/h1-5,7,16H,6H2. The van der Waals surface area contributed by atoms with Crippen LogP contribution in [0.25, 0.3) is 0 Å². The second-order valence-corrected chi connectivity index (χ2v) is 3.85. The maximum atomic E-state index is 13.3. The van der Waals surface area contributed by atoms with Gasteiger partial charge < -0.3 is 5.32 Å². The summed E-state index contributed by atoms with van der Waals surface area (Å²) in [6.45, 7) is 0.396. The molecule has 2 aromatic rings. The highest BCUT2D eigenvalue weighted by molar-refractivity contribution is 6.29. The molecule has 0 saturated carbocycles. The fourth-order valence-corrected chi connectivity index (χ4v) is 1.45. The number of anilines is 1. The molecule has 1 heterocycles. The SMILES string of the molecule is Fc1ccc(NCc2ccc(Cl)nc2)c(F)c1. The molecule has 2 nitrogen and oxygen atoms in total. The summed E-state index contributed by atoms with van der Waals surface area (Å²) in [5.74, 6) is -1.21. The van der Waals surface area contributed by atoms with E-state index in [1.807, 2.05) is 0 Å². The topological polar surface area (TPSA) is 24.9 Å². The number of hydrogen-bond acceptors (Lipinski definition) is 2. The van der Waals surface area contributed by atoms with E-state index in [0.717, 1.165) is 11.6 Å². The molecule has 5 heteroatoms. The summed E-state index contributed by atoms with van der Waals surface area (Å²) in [7, 11) is 0. The monoisotopic (exact) mass is 254 g/mol. The van der Waals surface area contributed by atoms with E-state index in [9.17, 15) is 8.78 Å². The molecule has 1 aromatic carbocycles. The number of hydrogen-bond donors (Lipinski definition) is 1. The third-order valence-electron chi connectivity index (χ3n) is 2.20. The zero-order chi connectivity index (χ0) is 12.3. The maximum absolute atomic E-state index is 13.3. The smallest absolute Gasteiger partial charge is 0.149 e. The number of nitrogens with one attached hydrogen (secondary N) is 1. The summed E-state index contributed by atoms with van der Waals surface area (Å²) in [6, 6.07) is 6.82. The van der Waals surface area contributed by atoms with Crippen molar-refractivity contribution in [3.8, 4) is 0 Å². The van der Waals surface area contributed by atoms with Gasteiger partial charge in [0.05, 0.1) is 5.69 Å². The minimum atomic E-state index is -0.619. The van der Waals surface area contributed by atoms with Crippen molar-refractivity contribution in [1.29, 1.82) is 0 Å². The zero-order valence-electron chi connectivity index (χ0n) is 8.75. The van der Waals surface area contributed by atoms with Gasteiger partial charge in [0.1, 0.15) is 16.8 Å². The van der Waals surface area contributed by atoms with Gasteiger partial charge in [-0.15, -0.1) is 0 Å². The van der Waals surface area contributed by atoms with E-state index < -0.39 is 11.6 Å². The highest BCUT2D eigenvalue weighted by Gasteiger charge is 2.03. The highest BCUT2D eigenvalue weighted by atomic mass is 35.5. The Bertz CT molecular complexity index is 514. The number of nitrogens with zero attached hydrogens (tertiary/aromatic N) is 1. The lowest BCUT2D eigenvalue weighted by molar-refractivity contribution is 0.585. The molecule has 1 aromatic heterocycles. The molecule has 0 aliphatic rings. The first kappa shape index (κ1) is 11.8. The van der Waals surface area contributed by atoms with Gasteiger partial charge in [0.2, 0.25) is 0 Å². The van der Waals surface area contributed by atoms with Gasteiger partial charge in [0.25, 0.3) is 0 Å². The van der Waals surface area contributed by atoms with E-state index in [2.05, 4.69) is 10.3 Å². The first-order chi connectivity index (χ1) is 8.15. The first-order valence-corrected chi connectivity index (χ1v) is 5.32. The number of aromatic nitrogens is 1. The second-order valence-electron chi connectivity index (χ2n) is 3.47. The fourth-order valence-electron chi connectivity index (χ4n) is 1.34. The molecule has 0 unspecified atom stereocenters. The lowest BCUT2D eigenvalue weighted by atomic mass is 10.2. The largest absolute Gasteiger partial charge is 0.379 e. The van der Waals surface area contributed by atoms with Crippen LogP contribution in [0.3, 0.4) is 0 Å². The van der Waals surface area contributed by atoms with Crippen LogP contribution in [0.4, 0.5) is 14.5 Å². The second kappa shape index (κ2) is 5.10. The highest BCUT2D eigenvalue weighted by Crippen LogP contribution is 2.16. The molecule has 17 heavy (non-hydrogen) atoms. The van der Waals surface area contributed by atoms with Crippen molar-refractivity contribution < 1.29 is 8.78 Å². The van der Waals surface area contributed by atoms with Crippen molar-refractivity contribution in [2.75, 3.05) is 5.32 Å². The molecule has 0 amide bonds. The third-order valence-corrected chi connectivity index (χ3v) is 2.43. The predicted octanol–water partition coefficient (Wildman–Crippen LogP) is 3.63. The van der Waals surface area contributed by atoms with E-state index in [-0.39, 0.29) is 5.69 Å². The van der Waals surface area contributed by atoms with Gasteiger partial charge in [0, 0.05) is 18.8 Å². The van der Waals surface area contributed by atoms with Crippen LogP contribution in [0, 0.1) is 11.6 Å². The first-order valence-electron chi connectivity index (χ1n) is 4.94. The molecule has 1 N–H and O–H groups in total. The van der Waals surface area contributed by atoms with Gasteiger partial charge in [-0.05, 0) is 23.8 Å². The quantitative estimate of drug-likeness (QED) is 0.846. The van der Waals surface area contributed by atoms with Crippen molar-refractivity contribution in [2.24, 2.45) is 0 Å². The van der Waals surface area contributed by atoms with Crippen molar-refractivity contribution in [3.63, 3.8) is 0 Å². The average Bonchev–Trinajstić information content (AvgIpc) is 2.30. The van der Waals surface area contributed by atoms with Crippen molar-refractivity contribution in [1.82, 2.24) is 4.98 Å². The Balaban J connectivity index is 2.04. The van der Waals surface area contributed by atoms with Crippen LogP contribution in [-0.4, -0.2) is 4.98 Å². The summed E-state index contributed by atoms with van der Waals surface area (Å²) in [5.41, 5.74) is 1.11. The Labute approximate surface area is 102 Å². The third kappa shape index (κ3) is 3.14. The van der Waals surface area contributed by atoms with E-state index in [1.165, 1.54) is 12.1 Å². The Morgan fingerprint density at radius 2 is 2.00 bits per heavy atom. The molecule has 0 aliphatic carbocycles. The van der Waals surface area contributed by atoms with Gasteiger partial charge in [0.15, 0.2) is 0 Å². The molecular weight excluding hydrogens is 246 g/mol. The molecule has 88 valence electrons. The molecule has 0 radical (unpaired) electrons. The normalized spacial score (nSPS) is 10.3. The summed E-state index contributed by atoms with van der Waals surface area (Å²) < 4.78 is 25.9. The summed E-state index contributed by atoms with van der Waals surface area (Å²) in [4.78, 5) is 3.90. The molecule has 0 spiro atoms. The lowest BCUT2D eigenvalue weighted by Crippen LogP contribution is -2.02. The van der Waals surface area contributed by atoms with Crippen molar-refractivity contribution in [3.05, 3.63) is 58.9 Å². The number of halogens is 3. The molecular formula is C12H9ClF2N2. The molecule has 0 atom stereocenters. The number of rotatable bonds is 3. The van der Waals surface area contributed by atoms with Gasteiger partial charge in [-0.25, -0.2) is 13.8 Å². The minimum absolute atomic E-state index is 0.251. The van der Waals surface area contributed by atoms with E-state index >= 15 is 0 Å². The Morgan fingerprint density at radius 3 is 2.65 bits per heavy atom. The predicted molar refractivity (Wildman–Crippen MR) is 62.9 cm³/mol. The van der Waals surface area contributed by atoms with E-state index in [4.69, 9.17) is 11.6 Å². The number of pyridine rings is 1. The Hall–Kier alpha value is -1.68. The van der Waals surface area contributed by atoms with Crippen LogP contribution in [0.15, 0.2) is 36.5 Å². The van der Waals surface area contributed by atoms with Crippen LogP contribution < -0.4 is 5.32 Å². The van der Waals surface area contributed by atoms with Gasteiger partial charge >= 0.3 is 0 Å². The Morgan fingerprint density at radius 1 is 1.18 bits per heavy atom. The molecule has 0 saturated heterocycles. The van der Waals surface area contributed by atoms with Crippen molar-refractivity contribution in [2.45, 2.75) is 6.54 Å². The maximum Gasteiger partial charge on any atom is 0.149 e. The summed E-state index contributed by atoms with van der Waals surface area (Å²) in [5, 5.41) is 3.26. The van der Waals surface area contributed by atoms with Crippen molar-refractivity contribution >= 4 is 17.3 Å². The molecule has 0 aliphatic heterocycles. The van der Waals surface area contributed by atoms with E-state index in [1.54, 1.807) is 18.3 Å². The lowest BCUT2D eigenvalue weighted by Gasteiger charge is -2.07. The van der Waals surface area contributed by atoms with E-state index in [0.29, 0.717) is 11.7 Å². The van der Waals surface area contributed by atoms with Crippen LogP contribution in [0.1, 0.15) is 5.56 Å².